The van der Waals surface area contributed by atoms with Gasteiger partial charge in [0.25, 0.3) is 5.91 Å². The predicted octanol–water partition coefficient (Wildman–Crippen LogP) is 3.76. The largest absolute Gasteiger partial charge is 0.417 e. The van der Waals surface area contributed by atoms with E-state index in [4.69, 9.17) is 0 Å². The molecule has 0 aromatic carbocycles. The van der Waals surface area contributed by atoms with Gasteiger partial charge in [-0.3, -0.25) is 9.69 Å². The number of nitrogens with zero attached hydrogens (tertiary/aromatic N) is 4. The number of carbonyl (C=O) groups is 1. The molecular weight excluding hydrogens is 435 g/mol. The summed E-state index contributed by atoms with van der Waals surface area (Å²) in [4.78, 5) is 25.1. The molecule has 0 bridgehead atoms. The molecule has 1 N–H and O–H groups in total. The summed E-state index contributed by atoms with van der Waals surface area (Å²) < 4.78 is 41.1. The van der Waals surface area contributed by atoms with Crippen molar-refractivity contribution in [2.24, 2.45) is 0 Å². The average molecular weight is 456 g/mol. The van der Waals surface area contributed by atoms with Gasteiger partial charge < -0.3 is 10.2 Å². The number of aryl methyl sites for hydroxylation is 1. The second kappa shape index (κ2) is 8.12. The maximum atomic E-state index is 13.7. The molecule has 30 heavy (non-hydrogen) atoms. The van der Waals surface area contributed by atoms with Gasteiger partial charge in [-0.05, 0) is 13.0 Å². The molecular formula is C19H20F3N5OS2. The van der Waals surface area contributed by atoms with Gasteiger partial charge in [-0.2, -0.15) is 13.2 Å². The van der Waals surface area contributed by atoms with Crippen molar-refractivity contribution in [2.45, 2.75) is 19.6 Å². The number of nitrogens with one attached hydrogen (secondary N) is 1. The SMILES string of the molecule is CNC(=O)c1csc2c(C(F)(F)F)cc(N3CCN(Cc4nc(C)cs4)CC3)nc12. The lowest BCUT2D eigenvalue weighted by Crippen LogP contribution is -2.46. The number of hydrogen-bond donors (Lipinski definition) is 1. The van der Waals surface area contributed by atoms with Gasteiger partial charge in [-0.25, -0.2) is 9.97 Å². The van der Waals surface area contributed by atoms with Crippen molar-refractivity contribution in [2.75, 3.05) is 38.1 Å². The Morgan fingerprint density at radius 2 is 1.90 bits per heavy atom. The number of alkyl halides is 3. The number of carbonyl (C=O) groups excluding carboxylic acids is 1. The molecule has 0 atom stereocenters. The summed E-state index contributed by atoms with van der Waals surface area (Å²) in [7, 11) is 1.45. The van der Waals surface area contributed by atoms with Crippen LogP contribution in [0.25, 0.3) is 10.2 Å². The summed E-state index contributed by atoms with van der Waals surface area (Å²) in [6.45, 7) is 5.20. The van der Waals surface area contributed by atoms with E-state index in [2.05, 4.69) is 20.2 Å². The Balaban J connectivity index is 1.60. The minimum atomic E-state index is -4.52. The number of piperazine rings is 1. The van der Waals surface area contributed by atoms with Crippen molar-refractivity contribution >= 4 is 44.6 Å². The topological polar surface area (TPSA) is 61.4 Å². The van der Waals surface area contributed by atoms with Crippen molar-refractivity contribution in [1.82, 2.24) is 20.2 Å². The van der Waals surface area contributed by atoms with Gasteiger partial charge in [0.1, 0.15) is 10.8 Å². The summed E-state index contributed by atoms with van der Waals surface area (Å²) >= 11 is 2.51. The Bertz CT molecular complexity index is 1070. The van der Waals surface area contributed by atoms with Crippen LogP contribution in [-0.2, 0) is 12.7 Å². The van der Waals surface area contributed by atoms with Crippen LogP contribution in [-0.4, -0.2) is 54.0 Å². The first-order chi connectivity index (χ1) is 14.3. The molecule has 3 aromatic heterocycles. The van der Waals surface area contributed by atoms with Crippen molar-refractivity contribution < 1.29 is 18.0 Å². The molecule has 0 aliphatic carbocycles. The molecule has 1 amide bonds. The van der Waals surface area contributed by atoms with Crippen LogP contribution in [0.3, 0.4) is 0 Å². The van der Waals surface area contributed by atoms with E-state index in [1.54, 1.807) is 11.3 Å². The zero-order valence-corrected chi connectivity index (χ0v) is 18.0. The number of aromatic nitrogens is 2. The van der Waals surface area contributed by atoms with Crippen LogP contribution in [0.5, 0.6) is 0 Å². The zero-order valence-electron chi connectivity index (χ0n) is 16.4. The second-order valence-electron chi connectivity index (χ2n) is 7.08. The number of fused-ring (bicyclic) bond motifs is 1. The monoisotopic (exact) mass is 455 g/mol. The van der Waals surface area contributed by atoms with Crippen molar-refractivity contribution in [3.05, 3.63) is 38.7 Å². The van der Waals surface area contributed by atoms with E-state index in [0.717, 1.165) is 34.6 Å². The molecule has 0 saturated carbocycles. The zero-order chi connectivity index (χ0) is 21.5. The Morgan fingerprint density at radius 1 is 1.17 bits per heavy atom. The highest BCUT2D eigenvalue weighted by atomic mass is 32.1. The fourth-order valence-corrected chi connectivity index (χ4v) is 5.30. The Hall–Kier alpha value is -2.24. The number of thiazole rings is 1. The molecule has 0 radical (unpaired) electrons. The molecule has 1 fully saturated rings. The van der Waals surface area contributed by atoms with Gasteiger partial charge in [0.2, 0.25) is 0 Å². The average Bonchev–Trinajstić information content (AvgIpc) is 3.32. The third-order valence-electron chi connectivity index (χ3n) is 5.01. The van der Waals surface area contributed by atoms with E-state index in [1.807, 2.05) is 17.2 Å². The number of hydrogen-bond acceptors (Lipinski definition) is 7. The van der Waals surface area contributed by atoms with Crippen molar-refractivity contribution in [1.29, 1.82) is 0 Å². The molecule has 1 aliphatic rings. The lowest BCUT2D eigenvalue weighted by atomic mass is 10.1. The lowest BCUT2D eigenvalue weighted by molar-refractivity contribution is -0.136. The third-order valence-corrected chi connectivity index (χ3v) is 6.96. The van der Waals surface area contributed by atoms with E-state index in [1.165, 1.54) is 12.4 Å². The number of halogens is 3. The maximum Gasteiger partial charge on any atom is 0.417 e. The third kappa shape index (κ3) is 4.14. The van der Waals surface area contributed by atoms with Gasteiger partial charge in [-0.1, -0.05) is 0 Å². The molecule has 1 saturated heterocycles. The first-order valence-corrected chi connectivity index (χ1v) is 11.1. The van der Waals surface area contributed by atoms with Gasteiger partial charge >= 0.3 is 6.18 Å². The van der Waals surface area contributed by atoms with Crippen molar-refractivity contribution in [3.8, 4) is 0 Å². The van der Waals surface area contributed by atoms with Gasteiger partial charge in [0.05, 0.1) is 27.9 Å². The summed E-state index contributed by atoms with van der Waals surface area (Å²) in [5.74, 6) is -0.189. The minimum Gasteiger partial charge on any atom is -0.355 e. The number of thiophene rings is 1. The lowest BCUT2D eigenvalue weighted by Gasteiger charge is -2.35. The maximum absolute atomic E-state index is 13.7. The Morgan fingerprint density at radius 3 is 2.50 bits per heavy atom. The minimum absolute atomic E-state index is 0.0115. The molecule has 160 valence electrons. The second-order valence-corrected chi connectivity index (χ2v) is 8.90. The summed E-state index contributed by atoms with van der Waals surface area (Å²) in [5.41, 5.74) is 0.518. The van der Waals surface area contributed by atoms with Crippen molar-refractivity contribution in [3.63, 3.8) is 0 Å². The van der Waals surface area contributed by atoms with Crippen LogP contribution in [0.15, 0.2) is 16.8 Å². The van der Waals surface area contributed by atoms with Gasteiger partial charge in [-0.15, -0.1) is 22.7 Å². The smallest absolute Gasteiger partial charge is 0.355 e. The standard InChI is InChI=1S/C19H20F3N5OS2/c1-11-9-29-15(24-11)8-26-3-5-27(6-4-26)14-7-13(19(20,21)22)17-16(25-14)12(10-30-17)18(28)23-2/h7,9-10H,3-6,8H2,1-2H3,(H,23,28). The number of anilines is 1. The molecule has 11 heteroatoms. The van der Waals surface area contributed by atoms with E-state index in [9.17, 15) is 18.0 Å². The Kier molecular flexibility index (Phi) is 5.69. The molecule has 1 aliphatic heterocycles. The molecule has 0 unspecified atom stereocenters. The fraction of sp³-hybridized carbons (Fsp3) is 0.421. The first kappa shape index (κ1) is 21.0. The van der Waals surface area contributed by atoms with E-state index < -0.39 is 17.6 Å². The Labute approximate surface area is 179 Å². The normalized spacial score (nSPS) is 15.7. The van der Waals surface area contributed by atoms with Crippen LogP contribution in [0, 0.1) is 6.92 Å². The quantitative estimate of drug-likeness (QED) is 0.649. The number of rotatable bonds is 4. The molecule has 4 heterocycles. The first-order valence-electron chi connectivity index (χ1n) is 9.36. The van der Waals surface area contributed by atoms with Gasteiger partial charge in [0, 0.05) is 49.7 Å². The predicted molar refractivity (Wildman–Crippen MR) is 112 cm³/mol. The van der Waals surface area contributed by atoms with E-state index in [-0.39, 0.29) is 21.6 Å². The molecule has 6 nitrogen and oxygen atoms in total. The van der Waals surface area contributed by atoms with E-state index >= 15 is 0 Å². The molecule has 3 aromatic rings. The summed E-state index contributed by atoms with van der Waals surface area (Å²) in [5, 5.41) is 6.95. The van der Waals surface area contributed by atoms with Crippen LogP contribution in [0.2, 0.25) is 0 Å². The number of pyridine rings is 1. The van der Waals surface area contributed by atoms with Crippen LogP contribution >= 0.6 is 22.7 Å². The summed E-state index contributed by atoms with van der Waals surface area (Å²) in [6, 6.07) is 1.10. The van der Waals surface area contributed by atoms with Crippen LogP contribution < -0.4 is 10.2 Å². The van der Waals surface area contributed by atoms with Crippen LogP contribution in [0.1, 0.15) is 26.6 Å². The van der Waals surface area contributed by atoms with Crippen LogP contribution in [0.4, 0.5) is 19.0 Å². The highest BCUT2D eigenvalue weighted by molar-refractivity contribution is 7.17. The van der Waals surface area contributed by atoms with E-state index in [0.29, 0.717) is 26.2 Å². The van der Waals surface area contributed by atoms with Gasteiger partial charge in [0.15, 0.2) is 0 Å². The highest BCUT2D eigenvalue weighted by Crippen LogP contribution is 2.40. The number of amides is 1. The fourth-order valence-electron chi connectivity index (χ4n) is 3.47. The highest BCUT2D eigenvalue weighted by Gasteiger charge is 2.36. The summed E-state index contributed by atoms with van der Waals surface area (Å²) in [6.07, 6.45) is -4.52. The molecule has 4 rings (SSSR count). The molecule has 0 spiro atoms.